The summed E-state index contributed by atoms with van der Waals surface area (Å²) in [5, 5.41) is 74.9. The van der Waals surface area contributed by atoms with Crippen LogP contribution in [0.25, 0.3) is 237 Å². The van der Waals surface area contributed by atoms with E-state index in [9.17, 15) is 0 Å². The van der Waals surface area contributed by atoms with E-state index in [0.717, 1.165) is 0 Å². The first kappa shape index (κ1) is 20.8. The van der Waals surface area contributed by atoms with Crippen molar-refractivity contribution in [2.24, 2.45) is 0 Å². The van der Waals surface area contributed by atoms with Gasteiger partial charge in [-0.3, -0.25) is 0 Å². The Bertz CT molecular complexity index is 6140. The average molecular weight is 724 g/mol. The predicted octanol–water partition coefficient (Wildman–Crippen LogP) is 13.4. The third-order valence-electron chi connectivity index (χ3n) is 23.2. The Labute approximate surface area is 326 Å². The Hall–Kier alpha value is -7.02. The smallest absolute Gasteiger partial charge is 0.0401 e. The maximum absolute atomic E-state index is 1.80. The highest BCUT2D eigenvalue weighted by atomic mass is 14.7. The molecule has 243 valence electrons. The van der Waals surface area contributed by atoms with Crippen LogP contribution in [0, 0.1) is 17.8 Å². The first-order valence-electron chi connectivity index (χ1n) is 22.8. The molecule has 60 heavy (non-hydrogen) atoms. The van der Waals surface area contributed by atoms with E-state index in [1.807, 2.05) is 0 Å². The van der Waals surface area contributed by atoms with Crippen LogP contribution in [0.5, 0.6) is 0 Å². The van der Waals surface area contributed by atoms with Crippen LogP contribution in [-0.2, 0) is 0 Å². The fraction of sp³-hybridized carbons (Fsp3) is 0.0500. The van der Waals surface area contributed by atoms with Gasteiger partial charge in [0.1, 0.15) is 0 Å². The molecule has 0 nitrogen and oxygen atoms in total. The minimum absolute atomic E-state index is 0.371. The van der Waals surface area contributed by atoms with E-state index < -0.39 is 0 Å². The fourth-order valence-electron chi connectivity index (χ4n) is 23.4. The van der Waals surface area contributed by atoms with Crippen molar-refractivity contribution in [1.29, 1.82) is 0 Å². The molecule has 3 unspecified atom stereocenters. The lowest BCUT2D eigenvalue weighted by molar-refractivity contribution is 0.897. The molecule has 0 spiro atoms. The van der Waals surface area contributed by atoms with Crippen molar-refractivity contribution < 1.29 is 0 Å². The van der Waals surface area contributed by atoms with Crippen molar-refractivity contribution in [3.63, 3.8) is 0 Å². The van der Waals surface area contributed by atoms with Gasteiger partial charge in [0, 0.05) is 35.5 Å². The van der Waals surface area contributed by atoms with Gasteiger partial charge in [-0.15, -0.1) is 0 Å². The van der Waals surface area contributed by atoms with Crippen LogP contribution in [0.1, 0.15) is 62.3 Å². The Morgan fingerprint density at radius 3 is 0.917 bits per heavy atom. The van der Waals surface area contributed by atoms with Crippen LogP contribution >= 0.6 is 0 Å². The van der Waals surface area contributed by atoms with E-state index in [-0.39, 0.29) is 0 Å². The second kappa shape index (κ2) is 4.51. The topological polar surface area (TPSA) is 0 Å². The zero-order valence-corrected chi connectivity index (χ0v) is 30.2. The molecule has 0 amide bonds. The molecule has 10 aliphatic carbocycles. The van der Waals surface area contributed by atoms with E-state index >= 15 is 0 Å². The molecule has 0 aromatic heterocycles. The molecule has 22 aromatic rings. The summed E-state index contributed by atoms with van der Waals surface area (Å²) in [6, 6.07) is 0. The molecule has 10 aliphatic rings. The quantitative estimate of drug-likeness (QED) is 0.137. The lowest BCUT2D eigenvalue weighted by atomic mass is 9.64. The number of hydrogen-bond acceptors (Lipinski definition) is 0. The van der Waals surface area contributed by atoms with Gasteiger partial charge in [-0.05, 0) is 292 Å². The van der Waals surface area contributed by atoms with Crippen molar-refractivity contribution in [2.75, 3.05) is 0 Å². The summed E-state index contributed by atoms with van der Waals surface area (Å²) >= 11 is 0. The van der Waals surface area contributed by atoms with Gasteiger partial charge in [-0.1, -0.05) is 0 Å². The number of benzene rings is 14. The Kier molecular flexibility index (Phi) is 1.56. The molecule has 3 radical (unpaired) electrons. The summed E-state index contributed by atoms with van der Waals surface area (Å²) in [4.78, 5) is 0. The Morgan fingerprint density at radius 1 is 0.150 bits per heavy atom. The van der Waals surface area contributed by atoms with Crippen molar-refractivity contribution in [2.45, 2.75) is 17.8 Å². The standard InChI is InChI=1S/C60H3/c1-2-5-6-3(1)8-12-10-4(1)9-11-7(2)17-21-13(5)23-24-14(6)22-18(8)28-20(12)30-26-16(10)15(9)25-29-19(11)27(17)37-41-31(21)33(23)43-44-34(24)32(22)42-38(28)48-40(30)46-36(26)35(25)45-39(29)47(37)55-49(41)51(43)57-52(44)50(42)56(48)59-54(46)53(45)58(55)60(57)59/h1,13,16H. The highest BCUT2D eigenvalue weighted by molar-refractivity contribution is 6.76. The molecule has 32 rings (SSSR count). The molecule has 0 fully saturated rings. The van der Waals surface area contributed by atoms with Crippen LogP contribution in [0.3, 0.4) is 0 Å². The van der Waals surface area contributed by atoms with Gasteiger partial charge in [0.05, 0.1) is 0 Å². The molecular formula is C60H3. The SMILES string of the molecule is [C]12C3=c4c5c6c7c8c9c%10c%11c%12c%13c%14c(c%15c1c1c%16c%17c%18c%19c%20c(c4c4c5c8c5c9c8c%11c9c%11c%12c%12c%14c%15c%16c%14c%17c%15c%19c%16c%17c%20c4c5c%17c8c9c%16c%15c%11c%12%14)[C]%18C31)=C([C]7C%13%10)C26. The van der Waals surface area contributed by atoms with Gasteiger partial charge >= 0.3 is 0 Å². The number of hydrogen-bond donors (Lipinski definition) is 0. The van der Waals surface area contributed by atoms with Gasteiger partial charge in [0.2, 0.25) is 0 Å². The first-order valence-corrected chi connectivity index (χ1v) is 22.8. The van der Waals surface area contributed by atoms with Crippen LogP contribution in [0.2, 0.25) is 0 Å². The second-order valence-corrected chi connectivity index (χ2v) is 23.0. The first-order chi connectivity index (χ1) is 30.0. The van der Waals surface area contributed by atoms with E-state index in [2.05, 4.69) is 0 Å². The molecule has 22 aromatic carbocycles. The van der Waals surface area contributed by atoms with Crippen LogP contribution in [-0.4, -0.2) is 0 Å². The summed E-state index contributed by atoms with van der Waals surface area (Å²) in [6.45, 7) is 0. The summed E-state index contributed by atoms with van der Waals surface area (Å²) in [5.41, 5.74) is 17.6. The maximum atomic E-state index is 1.80. The number of rotatable bonds is 0. The highest BCUT2D eigenvalue weighted by Crippen LogP contribution is 2.84. The van der Waals surface area contributed by atoms with Crippen LogP contribution in [0.15, 0.2) is 0 Å². The van der Waals surface area contributed by atoms with E-state index in [1.165, 1.54) is 0 Å². The van der Waals surface area contributed by atoms with Gasteiger partial charge in [0.25, 0.3) is 0 Å². The molecule has 0 N–H and O–H groups in total. The van der Waals surface area contributed by atoms with E-state index in [0.29, 0.717) is 17.8 Å². The zero-order chi connectivity index (χ0) is 34.6. The maximum Gasteiger partial charge on any atom is 0.0482 e. The fourth-order valence-corrected chi connectivity index (χ4v) is 23.4. The molecule has 0 heterocycles. The third-order valence-corrected chi connectivity index (χ3v) is 23.2. The molecule has 3 atom stereocenters. The lowest BCUT2D eigenvalue weighted by Crippen LogP contribution is -2.32. The van der Waals surface area contributed by atoms with Crippen molar-refractivity contribution in [3.8, 4) is 0 Å². The summed E-state index contributed by atoms with van der Waals surface area (Å²) < 4.78 is 0. The Balaban J connectivity index is 1.30. The van der Waals surface area contributed by atoms with E-state index in [4.69, 9.17) is 0 Å². The lowest BCUT2D eigenvalue weighted by Gasteiger charge is -2.37. The van der Waals surface area contributed by atoms with Crippen molar-refractivity contribution >= 4 is 237 Å². The predicted molar refractivity (Wildman–Crippen MR) is 246 cm³/mol. The molecule has 0 aliphatic heterocycles. The van der Waals surface area contributed by atoms with Crippen molar-refractivity contribution in [3.05, 3.63) is 72.7 Å². The van der Waals surface area contributed by atoms with E-state index in [1.54, 1.807) is 310 Å². The third kappa shape index (κ3) is 1.02. The van der Waals surface area contributed by atoms with Gasteiger partial charge in [-0.2, -0.15) is 0 Å². The van der Waals surface area contributed by atoms with Crippen LogP contribution in [0.4, 0.5) is 0 Å². The Morgan fingerprint density at radius 2 is 0.400 bits per heavy atom. The monoisotopic (exact) mass is 723 g/mol. The molecule has 0 saturated carbocycles. The summed E-state index contributed by atoms with van der Waals surface area (Å²) in [6.07, 6.45) is 0. The zero-order valence-electron chi connectivity index (χ0n) is 30.2. The van der Waals surface area contributed by atoms with Gasteiger partial charge < -0.3 is 0 Å². The minimum atomic E-state index is 0.371. The van der Waals surface area contributed by atoms with Gasteiger partial charge in [-0.25, -0.2) is 0 Å². The molecule has 0 saturated heterocycles. The molecule has 0 bridgehead atoms. The molecule has 0 heteroatoms. The van der Waals surface area contributed by atoms with Gasteiger partial charge in [0.15, 0.2) is 0 Å². The summed E-state index contributed by atoms with van der Waals surface area (Å²) in [5.74, 6) is 6.49. The molecular weight excluding hydrogens is 721 g/mol. The normalized spacial score (nSPS) is 24.9. The van der Waals surface area contributed by atoms with Crippen molar-refractivity contribution in [1.82, 2.24) is 0 Å². The second-order valence-electron chi connectivity index (χ2n) is 23.0. The summed E-state index contributed by atoms with van der Waals surface area (Å²) in [7, 11) is 0. The van der Waals surface area contributed by atoms with Crippen LogP contribution < -0.4 is 10.4 Å². The minimum Gasteiger partial charge on any atom is -0.0401 e. The largest absolute Gasteiger partial charge is 0.0482 e. The average Bonchev–Trinajstić information content (AvgIpc) is 4.09. The highest BCUT2D eigenvalue weighted by Gasteiger charge is 2.66.